The number of carbonyl (C=O) groups excluding carboxylic acids is 2. The predicted molar refractivity (Wildman–Crippen MR) is 62.0 cm³/mol. The summed E-state index contributed by atoms with van der Waals surface area (Å²) in [7, 11) is 1.02. The monoisotopic (exact) mass is 289 g/mol. The Hall–Kier alpha value is -2.78. The number of hydrogen-bond acceptors (Lipinski definition) is 5. The van der Waals surface area contributed by atoms with E-state index in [1.165, 1.54) is 0 Å². The zero-order chi connectivity index (χ0) is 15.4. The van der Waals surface area contributed by atoms with E-state index in [0.29, 0.717) is 11.0 Å². The number of urea groups is 1. The van der Waals surface area contributed by atoms with Crippen molar-refractivity contribution in [3.63, 3.8) is 0 Å². The summed E-state index contributed by atoms with van der Waals surface area (Å²) in [5.41, 5.74) is 3.41. The second-order valence-electron chi connectivity index (χ2n) is 3.51. The summed E-state index contributed by atoms with van der Waals surface area (Å²) in [6.07, 6.45) is 0. The Bertz CT molecular complexity index is 578. The number of nitrogens with two attached hydrogens (primary N) is 1. The van der Waals surface area contributed by atoms with Crippen molar-refractivity contribution in [1.29, 1.82) is 0 Å². The largest absolute Gasteiger partial charge is 0.468 e. The molecular weight excluding hydrogens is 280 g/mol. The molecule has 0 spiro atoms. The lowest BCUT2D eigenvalue weighted by atomic mass is 10.2. The summed E-state index contributed by atoms with van der Waals surface area (Å²) in [6.45, 7) is -0.780. The van der Waals surface area contributed by atoms with E-state index in [2.05, 4.69) is 4.74 Å². The molecular formula is C10H9F2N3O5. The van der Waals surface area contributed by atoms with E-state index in [1.54, 1.807) is 0 Å². The molecule has 0 radical (unpaired) electrons. The van der Waals surface area contributed by atoms with Gasteiger partial charge in [-0.05, 0) is 0 Å². The number of primary amides is 1. The maximum Gasteiger partial charge on any atom is 0.325 e. The van der Waals surface area contributed by atoms with Gasteiger partial charge in [0.1, 0.15) is 12.2 Å². The number of halogens is 2. The molecule has 0 bridgehead atoms. The predicted octanol–water partition coefficient (Wildman–Crippen LogP) is 0.931. The lowest BCUT2D eigenvalue weighted by Crippen LogP contribution is -2.40. The molecule has 0 atom stereocenters. The summed E-state index contributed by atoms with van der Waals surface area (Å²) in [6, 6.07) is -0.566. The van der Waals surface area contributed by atoms with Crippen LogP contribution >= 0.6 is 0 Å². The van der Waals surface area contributed by atoms with Crippen LogP contribution in [0.15, 0.2) is 12.1 Å². The van der Waals surface area contributed by atoms with Crippen molar-refractivity contribution in [2.75, 3.05) is 18.6 Å². The Morgan fingerprint density at radius 1 is 1.40 bits per heavy atom. The van der Waals surface area contributed by atoms with Gasteiger partial charge in [-0.2, -0.15) is 0 Å². The van der Waals surface area contributed by atoms with E-state index < -0.39 is 46.5 Å². The van der Waals surface area contributed by atoms with Gasteiger partial charge in [-0.15, -0.1) is 0 Å². The molecule has 0 heterocycles. The lowest BCUT2D eigenvalue weighted by Gasteiger charge is -2.19. The maximum atomic E-state index is 13.2. The molecule has 0 saturated carbocycles. The van der Waals surface area contributed by atoms with Gasteiger partial charge in [-0.25, -0.2) is 13.6 Å². The second-order valence-corrected chi connectivity index (χ2v) is 3.51. The molecule has 2 amide bonds. The SMILES string of the molecule is COC(=O)CN(C(N)=O)c1cc(F)c(F)cc1[N+](=O)[O-]. The highest BCUT2D eigenvalue weighted by Gasteiger charge is 2.27. The van der Waals surface area contributed by atoms with Crippen LogP contribution < -0.4 is 10.6 Å². The van der Waals surface area contributed by atoms with Crippen molar-refractivity contribution in [3.05, 3.63) is 33.9 Å². The Kier molecular flexibility index (Phi) is 4.51. The molecule has 0 aromatic heterocycles. The molecule has 0 unspecified atom stereocenters. The quantitative estimate of drug-likeness (QED) is 0.503. The van der Waals surface area contributed by atoms with Crippen molar-refractivity contribution in [2.45, 2.75) is 0 Å². The number of nitrogens with zero attached hydrogens (tertiary/aromatic N) is 2. The van der Waals surface area contributed by atoms with Crippen molar-refractivity contribution in [1.82, 2.24) is 0 Å². The van der Waals surface area contributed by atoms with Crippen LogP contribution in [0.2, 0.25) is 0 Å². The van der Waals surface area contributed by atoms with Crippen LogP contribution in [0.4, 0.5) is 25.0 Å². The average molecular weight is 289 g/mol. The minimum absolute atomic E-state index is 0.290. The van der Waals surface area contributed by atoms with Crippen LogP contribution in [0.5, 0.6) is 0 Å². The van der Waals surface area contributed by atoms with Gasteiger partial charge < -0.3 is 10.5 Å². The first-order valence-electron chi connectivity index (χ1n) is 5.05. The summed E-state index contributed by atoms with van der Waals surface area (Å²) in [4.78, 5) is 32.5. The van der Waals surface area contributed by atoms with Crippen molar-refractivity contribution >= 4 is 23.4 Å². The van der Waals surface area contributed by atoms with E-state index in [-0.39, 0.29) is 6.07 Å². The first-order chi connectivity index (χ1) is 9.27. The third kappa shape index (κ3) is 3.16. The molecule has 2 N–H and O–H groups in total. The number of nitro benzene ring substituents is 1. The van der Waals surface area contributed by atoms with Crippen LogP contribution in [0.1, 0.15) is 0 Å². The van der Waals surface area contributed by atoms with E-state index in [4.69, 9.17) is 5.73 Å². The fourth-order valence-electron chi connectivity index (χ4n) is 1.36. The summed E-state index contributed by atoms with van der Waals surface area (Å²) in [5.74, 6) is -3.84. The van der Waals surface area contributed by atoms with Crippen LogP contribution in [0, 0.1) is 21.7 Å². The summed E-state index contributed by atoms with van der Waals surface area (Å²) < 4.78 is 30.5. The molecule has 0 fully saturated rings. The number of esters is 1. The molecule has 20 heavy (non-hydrogen) atoms. The van der Waals surface area contributed by atoms with Crippen molar-refractivity contribution in [3.8, 4) is 0 Å². The Labute approximate surface area is 110 Å². The lowest BCUT2D eigenvalue weighted by molar-refractivity contribution is -0.384. The van der Waals surface area contributed by atoms with Crippen LogP contribution in [0.25, 0.3) is 0 Å². The minimum atomic E-state index is -1.47. The number of benzene rings is 1. The number of carbonyl (C=O) groups is 2. The smallest absolute Gasteiger partial charge is 0.325 e. The Morgan fingerprint density at radius 3 is 2.40 bits per heavy atom. The molecule has 1 rings (SSSR count). The van der Waals surface area contributed by atoms with Gasteiger partial charge in [0.25, 0.3) is 5.69 Å². The summed E-state index contributed by atoms with van der Waals surface area (Å²) in [5, 5.41) is 10.8. The van der Waals surface area contributed by atoms with Gasteiger partial charge in [0.2, 0.25) is 0 Å². The number of hydrogen-bond donors (Lipinski definition) is 1. The number of methoxy groups -OCH3 is 1. The highest BCUT2D eigenvalue weighted by Crippen LogP contribution is 2.30. The molecule has 8 nitrogen and oxygen atoms in total. The molecule has 1 aromatic carbocycles. The normalized spacial score (nSPS) is 9.95. The Balaban J connectivity index is 3.38. The summed E-state index contributed by atoms with van der Waals surface area (Å²) >= 11 is 0. The number of nitro groups is 1. The minimum Gasteiger partial charge on any atom is -0.468 e. The topological polar surface area (TPSA) is 116 Å². The third-order valence-electron chi connectivity index (χ3n) is 2.29. The maximum absolute atomic E-state index is 13.2. The third-order valence-corrected chi connectivity index (χ3v) is 2.29. The van der Waals surface area contributed by atoms with Gasteiger partial charge in [-0.3, -0.25) is 19.8 Å². The standard InChI is InChI=1S/C10H9F2N3O5/c1-20-9(16)4-14(10(13)17)7-2-5(11)6(12)3-8(7)15(18)19/h2-3H,4H2,1H3,(H2,13,17). The van der Waals surface area contributed by atoms with Crippen molar-refractivity contribution < 1.29 is 28.0 Å². The molecule has 1 aromatic rings. The van der Waals surface area contributed by atoms with Crippen LogP contribution in [0.3, 0.4) is 0 Å². The van der Waals surface area contributed by atoms with Gasteiger partial charge in [0, 0.05) is 6.07 Å². The zero-order valence-electron chi connectivity index (χ0n) is 10.1. The van der Waals surface area contributed by atoms with E-state index >= 15 is 0 Å². The second kappa shape index (κ2) is 5.91. The highest BCUT2D eigenvalue weighted by molar-refractivity contribution is 5.97. The number of ether oxygens (including phenoxy) is 1. The molecule has 0 aliphatic rings. The van der Waals surface area contributed by atoms with Crippen molar-refractivity contribution in [2.24, 2.45) is 5.73 Å². The Morgan fingerprint density at radius 2 is 1.95 bits per heavy atom. The number of amides is 2. The molecule has 108 valence electrons. The average Bonchev–Trinajstić information content (AvgIpc) is 2.37. The fourth-order valence-corrected chi connectivity index (χ4v) is 1.36. The molecule has 0 aliphatic carbocycles. The first kappa shape index (κ1) is 15.3. The molecule has 10 heteroatoms. The van der Waals surface area contributed by atoms with Crippen LogP contribution in [-0.4, -0.2) is 30.6 Å². The van der Waals surface area contributed by atoms with E-state index in [0.717, 1.165) is 7.11 Å². The first-order valence-corrected chi connectivity index (χ1v) is 5.05. The highest BCUT2D eigenvalue weighted by atomic mass is 19.2. The number of anilines is 1. The van der Waals surface area contributed by atoms with Gasteiger partial charge >= 0.3 is 12.0 Å². The molecule has 0 aliphatic heterocycles. The molecule has 0 saturated heterocycles. The number of rotatable bonds is 4. The van der Waals surface area contributed by atoms with Gasteiger partial charge in [-0.1, -0.05) is 0 Å². The zero-order valence-corrected chi connectivity index (χ0v) is 10.1. The van der Waals surface area contributed by atoms with Crippen LogP contribution in [-0.2, 0) is 9.53 Å². The van der Waals surface area contributed by atoms with Gasteiger partial charge in [0.05, 0.1) is 18.1 Å². The van der Waals surface area contributed by atoms with E-state index in [1.807, 2.05) is 0 Å². The van der Waals surface area contributed by atoms with Gasteiger partial charge in [0.15, 0.2) is 11.6 Å². The van der Waals surface area contributed by atoms with E-state index in [9.17, 15) is 28.5 Å². The fraction of sp³-hybridized carbons (Fsp3) is 0.200.